The minimum absolute atomic E-state index is 0.0794. The van der Waals surface area contributed by atoms with E-state index in [1.54, 1.807) is 0 Å². The van der Waals surface area contributed by atoms with Crippen molar-refractivity contribution in [3.63, 3.8) is 0 Å². The minimum Gasteiger partial charge on any atom is -0.388 e. The average molecular weight is 186 g/mol. The van der Waals surface area contributed by atoms with E-state index in [2.05, 4.69) is 20.8 Å². The monoisotopic (exact) mass is 186 g/mol. The van der Waals surface area contributed by atoms with Crippen molar-refractivity contribution in [1.29, 1.82) is 0 Å². The Morgan fingerprint density at radius 3 is 2.31 bits per heavy atom. The second-order valence-electron chi connectivity index (χ2n) is 5.14. The lowest BCUT2D eigenvalue weighted by atomic mass is 9.78. The van der Waals surface area contributed by atoms with E-state index in [0.717, 1.165) is 6.61 Å². The van der Waals surface area contributed by atoms with E-state index in [1.165, 1.54) is 0 Å². The van der Waals surface area contributed by atoms with Gasteiger partial charge in [-0.15, -0.1) is 0 Å². The Hall–Kier alpha value is -0.120. The van der Waals surface area contributed by atoms with Gasteiger partial charge in [0.2, 0.25) is 0 Å². The van der Waals surface area contributed by atoms with Crippen LogP contribution in [-0.4, -0.2) is 36.6 Å². The van der Waals surface area contributed by atoms with Crippen LogP contribution in [0.3, 0.4) is 0 Å². The molecule has 2 saturated heterocycles. The summed E-state index contributed by atoms with van der Waals surface area (Å²) in [5.74, 6) is 0.412. The van der Waals surface area contributed by atoms with Crippen molar-refractivity contribution in [2.45, 2.75) is 39.1 Å². The molecule has 0 aliphatic carbocycles. The third-order valence-electron chi connectivity index (χ3n) is 3.14. The van der Waals surface area contributed by atoms with Crippen LogP contribution < -0.4 is 0 Å². The fraction of sp³-hybridized carbons (Fsp3) is 1.00. The molecule has 0 bridgehead atoms. The zero-order valence-corrected chi connectivity index (χ0v) is 8.49. The molecule has 0 radical (unpaired) electrons. The number of aliphatic hydroxyl groups is 1. The van der Waals surface area contributed by atoms with E-state index in [-0.39, 0.29) is 17.6 Å². The molecule has 2 heterocycles. The maximum atomic E-state index is 9.53. The molecular weight excluding hydrogens is 168 g/mol. The molecule has 3 heteroatoms. The van der Waals surface area contributed by atoms with Gasteiger partial charge < -0.3 is 14.6 Å². The van der Waals surface area contributed by atoms with Crippen LogP contribution in [0.15, 0.2) is 0 Å². The third kappa shape index (κ3) is 1.49. The first-order valence-electron chi connectivity index (χ1n) is 4.91. The summed E-state index contributed by atoms with van der Waals surface area (Å²) in [5, 5.41) is 9.53. The molecule has 2 aliphatic rings. The number of rotatable bonds is 0. The predicted octanol–water partition coefficient (Wildman–Crippen LogP) is 0.807. The van der Waals surface area contributed by atoms with Crippen molar-refractivity contribution in [3.05, 3.63) is 0 Å². The second kappa shape index (κ2) is 2.94. The fourth-order valence-electron chi connectivity index (χ4n) is 2.22. The van der Waals surface area contributed by atoms with Crippen LogP contribution in [0.25, 0.3) is 0 Å². The molecule has 0 aromatic carbocycles. The van der Waals surface area contributed by atoms with Gasteiger partial charge in [0.25, 0.3) is 0 Å². The summed E-state index contributed by atoms with van der Waals surface area (Å²) in [6.45, 7) is 7.73. The first-order valence-corrected chi connectivity index (χ1v) is 4.91. The molecule has 1 N–H and O–H groups in total. The Kier molecular flexibility index (Phi) is 2.13. The first-order chi connectivity index (χ1) is 6.00. The van der Waals surface area contributed by atoms with E-state index in [1.807, 2.05) is 0 Å². The van der Waals surface area contributed by atoms with Gasteiger partial charge in [-0.1, -0.05) is 20.8 Å². The first kappa shape index (κ1) is 9.44. The molecule has 0 saturated carbocycles. The van der Waals surface area contributed by atoms with E-state index in [9.17, 15) is 5.11 Å². The molecular formula is C10H18O3. The van der Waals surface area contributed by atoms with E-state index < -0.39 is 6.10 Å². The summed E-state index contributed by atoms with van der Waals surface area (Å²) in [5.41, 5.74) is 0.198. The molecule has 13 heavy (non-hydrogen) atoms. The Morgan fingerprint density at radius 1 is 1.08 bits per heavy atom. The molecule has 0 amide bonds. The van der Waals surface area contributed by atoms with Gasteiger partial charge in [-0.25, -0.2) is 0 Å². The van der Waals surface area contributed by atoms with Crippen LogP contribution >= 0.6 is 0 Å². The lowest BCUT2D eigenvalue weighted by Crippen LogP contribution is -2.34. The van der Waals surface area contributed by atoms with Crippen LogP contribution in [0.1, 0.15) is 20.8 Å². The molecule has 0 spiro atoms. The van der Waals surface area contributed by atoms with Crippen LogP contribution in [0.4, 0.5) is 0 Å². The van der Waals surface area contributed by atoms with Gasteiger partial charge in [0.1, 0.15) is 12.2 Å². The van der Waals surface area contributed by atoms with Crippen molar-refractivity contribution in [2.24, 2.45) is 11.3 Å². The Morgan fingerprint density at radius 2 is 1.69 bits per heavy atom. The molecule has 2 rings (SSSR count). The summed E-state index contributed by atoms with van der Waals surface area (Å²) in [7, 11) is 0. The highest BCUT2D eigenvalue weighted by atomic mass is 16.6. The Labute approximate surface area is 79.0 Å². The molecule has 0 unspecified atom stereocenters. The second-order valence-corrected chi connectivity index (χ2v) is 5.14. The van der Waals surface area contributed by atoms with E-state index >= 15 is 0 Å². The van der Waals surface area contributed by atoms with Crippen molar-refractivity contribution < 1.29 is 14.6 Å². The van der Waals surface area contributed by atoms with Crippen molar-refractivity contribution in [2.75, 3.05) is 13.2 Å². The molecule has 2 aliphatic heterocycles. The van der Waals surface area contributed by atoms with Gasteiger partial charge in [0, 0.05) is 5.92 Å². The summed E-state index contributed by atoms with van der Waals surface area (Å²) in [4.78, 5) is 0. The van der Waals surface area contributed by atoms with Gasteiger partial charge in [-0.05, 0) is 5.41 Å². The Balaban J connectivity index is 2.11. The SMILES string of the molecule is CC(C)(C)[C@H]1CO[C@H]2[C@@H]1OC[C@H]2O. The van der Waals surface area contributed by atoms with Gasteiger partial charge >= 0.3 is 0 Å². The maximum Gasteiger partial charge on any atom is 0.112 e. The van der Waals surface area contributed by atoms with Crippen LogP contribution in [-0.2, 0) is 9.47 Å². The van der Waals surface area contributed by atoms with Crippen LogP contribution in [0, 0.1) is 11.3 Å². The van der Waals surface area contributed by atoms with Crippen LogP contribution in [0.5, 0.6) is 0 Å². The molecule has 76 valence electrons. The number of hydrogen-bond donors (Lipinski definition) is 1. The molecule has 4 atom stereocenters. The zero-order valence-electron chi connectivity index (χ0n) is 8.49. The highest BCUT2D eigenvalue weighted by Crippen LogP contribution is 2.40. The highest BCUT2D eigenvalue weighted by Gasteiger charge is 2.50. The van der Waals surface area contributed by atoms with Gasteiger partial charge in [0.15, 0.2) is 0 Å². The quantitative estimate of drug-likeness (QED) is 0.608. The van der Waals surface area contributed by atoms with Gasteiger partial charge in [-0.3, -0.25) is 0 Å². The van der Waals surface area contributed by atoms with Crippen molar-refractivity contribution in [3.8, 4) is 0 Å². The summed E-state index contributed by atoms with van der Waals surface area (Å²) >= 11 is 0. The lowest BCUT2D eigenvalue weighted by Gasteiger charge is -2.29. The predicted molar refractivity (Wildman–Crippen MR) is 48.4 cm³/mol. The maximum absolute atomic E-state index is 9.53. The number of ether oxygens (including phenoxy) is 2. The smallest absolute Gasteiger partial charge is 0.112 e. The van der Waals surface area contributed by atoms with Crippen molar-refractivity contribution >= 4 is 0 Å². The molecule has 0 aromatic heterocycles. The zero-order chi connectivity index (χ0) is 9.64. The number of aliphatic hydroxyl groups excluding tert-OH is 1. The number of fused-ring (bicyclic) bond motifs is 1. The third-order valence-corrected chi connectivity index (χ3v) is 3.14. The van der Waals surface area contributed by atoms with Gasteiger partial charge in [0.05, 0.1) is 19.3 Å². The molecule has 2 fully saturated rings. The highest BCUT2D eigenvalue weighted by molar-refractivity contribution is 4.97. The van der Waals surface area contributed by atoms with Crippen LogP contribution in [0.2, 0.25) is 0 Å². The number of hydrogen-bond acceptors (Lipinski definition) is 3. The largest absolute Gasteiger partial charge is 0.388 e. The van der Waals surface area contributed by atoms with Gasteiger partial charge in [-0.2, -0.15) is 0 Å². The van der Waals surface area contributed by atoms with E-state index in [4.69, 9.17) is 9.47 Å². The lowest BCUT2D eigenvalue weighted by molar-refractivity contribution is 0.00966. The summed E-state index contributed by atoms with van der Waals surface area (Å²) in [6.07, 6.45) is -0.392. The average Bonchev–Trinajstić information content (AvgIpc) is 2.51. The van der Waals surface area contributed by atoms with Crippen molar-refractivity contribution in [1.82, 2.24) is 0 Å². The topological polar surface area (TPSA) is 38.7 Å². The summed E-state index contributed by atoms with van der Waals surface area (Å²) < 4.78 is 11.1. The Bertz CT molecular complexity index is 197. The standard InChI is InChI=1S/C10H18O3/c1-10(2,3)6-4-12-9-7(11)5-13-8(6)9/h6-9,11H,4-5H2,1-3H3/t6-,7+,8+,9+/m0/s1. The molecule has 0 aromatic rings. The minimum atomic E-state index is -0.419. The fourth-order valence-corrected chi connectivity index (χ4v) is 2.22. The normalized spacial score (nSPS) is 45.2. The van der Waals surface area contributed by atoms with E-state index in [0.29, 0.717) is 12.5 Å². The summed E-state index contributed by atoms with van der Waals surface area (Å²) in [6, 6.07) is 0. The molecule has 3 nitrogen and oxygen atoms in total.